The highest BCUT2D eigenvalue weighted by Gasteiger charge is 2.23. The molecule has 0 fully saturated rings. The maximum atomic E-state index is 12.6. The number of hydrogen-bond acceptors (Lipinski definition) is 5. The van der Waals surface area contributed by atoms with Crippen LogP contribution in [0.5, 0.6) is 5.75 Å². The summed E-state index contributed by atoms with van der Waals surface area (Å²) in [6.45, 7) is 9.53. The summed E-state index contributed by atoms with van der Waals surface area (Å²) in [7, 11) is 1.64. The zero-order valence-electron chi connectivity index (χ0n) is 17.3. The third-order valence-corrected chi connectivity index (χ3v) is 4.71. The van der Waals surface area contributed by atoms with Crippen LogP contribution in [0.4, 0.5) is 5.82 Å². The molecule has 2 amide bonds. The number of benzene rings is 1. The molecule has 0 aliphatic heterocycles. The highest BCUT2D eigenvalue weighted by molar-refractivity contribution is 5.96. The Morgan fingerprint density at radius 2 is 1.89 bits per heavy atom. The summed E-state index contributed by atoms with van der Waals surface area (Å²) in [5, 5.41) is 9.11. The highest BCUT2D eigenvalue weighted by Crippen LogP contribution is 2.31. The van der Waals surface area contributed by atoms with E-state index in [0.717, 1.165) is 16.9 Å². The predicted octanol–water partition coefficient (Wildman–Crippen LogP) is 3.57. The van der Waals surface area contributed by atoms with Crippen molar-refractivity contribution < 1.29 is 18.8 Å². The fourth-order valence-electron chi connectivity index (χ4n) is 3.10. The van der Waals surface area contributed by atoms with E-state index in [-0.39, 0.29) is 23.7 Å². The quantitative estimate of drug-likeness (QED) is 0.722. The van der Waals surface area contributed by atoms with Crippen LogP contribution in [-0.2, 0) is 9.59 Å². The van der Waals surface area contributed by atoms with E-state index < -0.39 is 6.04 Å². The van der Waals surface area contributed by atoms with Crippen LogP contribution in [0, 0.1) is 19.8 Å². The van der Waals surface area contributed by atoms with Crippen molar-refractivity contribution in [1.82, 2.24) is 10.5 Å². The van der Waals surface area contributed by atoms with Gasteiger partial charge in [0, 0.05) is 12.5 Å². The van der Waals surface area contributed by atoms with Gasteiger partial charge in [-0.1, -0.05) is 31.1 Å². The van der Waals surface area contributed by atoms with Crippen molar-refractivity contribution in [3.05, 3.63) is 41.2 Å². The molecule has 1 aromatic heterocycles. The SMILES string of the molecule is COc1ccc(C(CC(=O)N[C@@H](C)C(=O)Nc2cc(C)on2)C(C)C)cc1C. The van der Waals surface area contributed by atoms with Crippen molar-refractivity contribution in [2.24, 2.45) is 5.92 Å². The Morgan fingerprint density at radius 1 is 1.18 bits per heavy atom. The summed E-state index contributed by atoms with van der Waals surface area (Å²) in [4.78, 5) is 24.8. The lowest BCUT2D eigenvalue weighted by Crippen LogP contribution is -2.42. The molecule has 2 rings (SSSR count). The topological polar surface area (TPSA) is 93.5 Å². The number of rotatable bonds is 8. The molecule has 2 N–H and O–H groups in total. The van der Waals surface area contributed by atoms with Gasteiger partial charge in [-0.15, -0.1) is 0 Å². The number of aromatic nitrogens is 1. The van der Waals surface area contributed by atoms with Crippen molar-refractivity contribution in [3.63, 3.8) is 0 Å². The van der Waals surface area contributed by atoms with Crippen molar-refractivity contribution in [1.29, 1.82) is 0 Å². The van der Waals surface area contributed by atoms with Gasteiger partial charge in [-0.3, -0.25) is 9.59 Å². The molecule has 1 unspecified atom stereocenters. The second-order valence-corrected chi connectivity index (χ2v) is 7.38. The third-order valence-electron chi connectivity index (χ3n) is 4.71. The zero-order valence-corrected chi connectivity index (χ0v) is 17.3. The number of carbonyl (C=O) groups excluding carboxylic acids is 2. The summed E-state index contributed by atoms with van der Waals surface area (Å²) in [6, 6.07) is 6.91. The van der Waals surface area contributed by atoms with Gasteiger partial charge in [-0.25, -0.2) is 0 Å². The van der Waals surface area contributed by atoms with E-state index >= 15 is 0 Å². The van der Waals surface area contributed by atoms with Crippen molar-refractivity contribution in [2.45, 2.75) is 53.0 Å². The van der Waals surface area contributed by atoms with Gasteiger partial charge in [0.1, 0.15) is 17.6 Å². The number of aryl methyl sites for hydroxylation is 2. The summed E-state index contributed by atoms with van der Waals surface area (Å²) in [5.41, 5.74) is 2.11. The Hall–Kier alpha value is -2.83. The maximum Gasteiger partial charge on any atom is 0.247 e. The number of carbonyl (C=O) groups is 2. The molecule has 2 atom stereocenters. The van der Waals surface area contributed by atoms with E-state index in [9.17, 15) is 9.59 Å². The second kappa shape index (κ2) is 9.39. The Morgan fingerprint density at radius 3 is 2.43 bits per heavy atom. The van der Waals surface area contributed by atoms with E-state index in [2.05, 4.69) is 35.7 Å². The minimum absolute atomic E-state index is 0.0399. The average Bonchev–Trinajstić information content (AvgIpc) is 3.04. The van der Waals surface area contributed by atoms with E-state index in [1.165, 1.54) is 0 Å². The summed E-state index contributed by atoms with van der Waals surface area (Å²) < 4.78 is 10.2. The number of amides is 2. The number of nitrogens with zero attached hydrogens (tertiary/aromatic N) is 1. The predicted molar refractivity (Wildman–Crippen MR) is 107 cm³/mol. The first-order chi connectivity index (χ1) is 13.2. The average molecular weight is 387 g/mol. The van der Waals surface area contributed by atoms with Crippen LogP contribution >= 0.6 is 0 Å². The van der Waals surface area contributed by atoms with E-state index in [1.54, 1.807) is 27.0 Å². The van der Waals surface area contributed by atoms with Crippen molar-refractivity contribution in [3.8, 4) is 5.75 Å². The van der Waals surface area contributed by atoms with Gasteiger partial charge in [0.25, 0.3) is 0 Å². The lowest BCUT2D eigenvalue weighted by atomic mass is 9.84. The van der Waals surface area contributed by atoms with Crippen LogP contribution in [0.3, 0.4) is 0 Å². The normalized spacial score (nSPS) is 13.1. The standard InChI is InChI=1S/C21H29N3O4/c1-12(2)17(16-7-8-18(27-6)13(3)9-16)11-20(25)22-15(5)21(26)23-19-10-14(4)28-24-19/h7-10,12,15,17H,11H2,1-6H3,(H,22,25)(H,23,24,26)/t15-,17?/m0/s1. The summed E-state index contributed by atoms with van der Waals surface area (Å²) in [5.74, 6) is 1.54. The van der Waals surface area contributed by atoms with Gasteiger partial charge in [0.15, 0.2) is 5.82 Å². The monoisotopic (exact) mass is 387 g/mol. The van der Waals surface area contributed by atoms with Gasteiger partial charge in [-0.05, 0) is 49.8 Å². The Labute approximate surface area is 165 Å². The molecule has 1 aromatic carbocycles. The van der Waals surface area contributed by atoms with Crippen LogP contribution in [0.25, 0.3) is 0 Å². The first-order valence-electron chi connectivity index (χ1n) is 9.39. The molecule has 0 saturated carbocycles. The molecule has 152 valence electrons. The Balaban J connectivity index is 1.99. The minimum Gasteiger partial charge on any atom is -0.496 e. The zero-order chi connectivity index (χ0) is 20.8. The van der Waals surface area contributed by atoms with Gasteiger partial charge >= 0.3 is 0 Å². The van der Waals surface area contributed by atoms with Gasteiger partial charge < -0.3 is 19.9 Å². The van der Waals surface area contributed by atoms with Crippen LogP contribution in [0.1, 0.15) is 50.0 Å². The molecular weight excluding hydrogens is 358 g/mol. The minimum atomic E-state index is -0.685. The third kappa shape index (κ3) is 5.58. The molecule has 0 bridgehead atoms. The molecule has 28 heavy (non-hydrogen) atoms. The number of nitrogens with one attached hydrogen (secondary N) is 2. The lowest BCUT2D eigenvalue weighted by molar-refractivity contribution is -0.126. The number of ether oxygens (including phenoxy) is 1. The molecule has 7 heteroatoms. The smallest absolute Gasteiger partial charge is 0.247 e. The molecule has 0 radical (unpaired) electrons. The fraction of sp³-hybridized carbons (Fsp3) is 0.476. The number of hydrogen-bond donors (Lipinski definition) is 2. The van der Waals surface area contributed by atoms with Crippen molar-refractivity contribution >= 4 is 17.6 Å². The first kappa shape index (κ1) is 21.5. The van der Waals surface area contributed by atoms with E-state index in [4.69, 9.17) is 9.26 Å². The Bertz CT molecular complexity index is 829. The van der Waals surface area contributed by atoms with Crippen LogP contribution in [-0.4, -0.2) is 30.1 Å². The number of anilines is 1. The molecule has 0 saturated heterocycles. The molecule has 0 spiro atoms. The maximum absolute atomic E-state index is 12.6. The fourth-order valence-corrected chi connectivity index (χ4v) is 3.10. The molecule has 0 aliphatic rings. The molecular formula is C21H29N3O4. The second-order valence-electron chi connectivity index (χ2n) is 7.38. The van der Waals surface area contributed by atoms with E-state index in [1.807, 2.05) is 19.1 Å². The highest BCUT2D eigenvalue weighted by atomic mass is 16.5. The van der Waals surface area contributed by atoms with Gasteiger partial charge in [-0.2, -0.15) is 0 Å². The molecule has 7 nitrogen and oxygen atoms in total. The lowest BCUT2D eigenvalue weighted by Gasteiger charge is -2.23. The van der Waals surface area contributed by atoms with E-state index in [0.29, 0.717) is 18.0 Å². The van der Waals surface area contributed by atoms with Crippen molar-refractivity contribution in [2.75, 3.05) is 12.4 Å². The largest absolute Gasteiger partial charge is 0.496 e. The first-order valence-corrected chi connectivity index (χ1v) is 9.39. The van der Waals surface area contributed by atoms with Crippen LogP contribution in [0.2, 0.25) is 0 Å². The van der Waals surface area contributed by atoms with Crippen LogP contribution in [0.15, 0.2) is 28.8 Å². The molecule has 2 aromatic rings. The summed E-state index contributed by atoms with van der Waals surface area (Å²) >= 11 is 0. The van der Waals surface area contributed by atoms with Gasteiger partial charge in [0.05, 0.1) is 7.11 Å². The number of methoxy groups -OCH3 is 1. The molecule has 0 aliphatic carbocycles. The van der Waals surface area contributed by atoms with Crippen LogP contribution < -0.4 is 15.4 Å². The van der Waals surface area contributed by atoms with Gasteiger partial charge in [0.2, 0.25) is 11.8 Å². The summed E-state index contributed by atoms with van der Waals surface area (Å²) in [6.07, 6.45) is 0.296. The molecule has 1 heterocycles. The Kier molecular flexibility index (Phi) is 7.20.